The normalized spacial score (nSPS) is 11.6. The lowest BCUT2D eigenvalue weighted by Crippen LogP contribution is -2.07. The fraction of sp³-hybridized carbons (Fsp3) is 0.538. The van der Waals surface area contributed by atoms with Gasteiger partial charge in [-0.05, 0) is 45.7 Å². The minimum Gasteiger partial charge on any atom is -0.293 e. The summed E-state index contributed by atoms with van der Waals surface area (Å²) in [6.45, 7) is 10.3. The zero-order valence-corrected chi connectivity index (χ0v) is 12.6. The molecule has 4 nitrogen and oxygen atoms in total. The monoisotopic (exact) mass is 271 g/mol. The topological polar surface area (TPSA) is 47.6 Å². The Morgan fingerprint density at radius 2 is 1.50 bits per heavy atom. The van der Waals surface area contributed by atoms with Gasteiger partial charge in [-0.1, -0.05) is 17.7 Å². The van der Waals surface area contributed by atoms with Crippen LogP contribution in [0, 0.1) is 20.8 Å². The van der Waals surface area contributed by atoms with Crippen LogP contribution in [0.15, 0.2) is 12.1 Å². The van der Waals surface area contributed by atoms with Gasteiger partial charge in [0.05, 0.1) is 13.2 Å². The Balaban J connectivity index is 3.04. The van der Waals surface area contributed by atoms with E-state index in [-0.39, 0.29) is 0 Å². The molecule has 0 unspecified atom stereocenters. The third-order valence-electron chi connectivity index (χ3n) is 2.52. The first-order chi connectivity index (χ1) is 8.41. The van der Waals surface area contributed by atoms with E-state index >= 15 is 0 Å². The molecule has 5 heteroatoms. The van der Waals surface area contributed by atoms with Gasteiger partial charge in [-0.2, -0.15) is 0 Å². The zero-order chi connectivity index (χ0) is 13.8. The molecule has 0 saturated heterocycles. The molecule has 0 spiro atoms. The summed E-state index contributed by atoms with van der Waals surface area (Å²) in [5.41, 5.74) is 4.07. The highest BCUT2D eigenvalue weighted by Gasteiger charge is 2.25. The smallest absolute Gasteiger partial charge is 0.293 e. The van der Waals surface area contributed by atoms with Crippen LogP contribution < -0.4 is 5.09 Å². The maximum atomic E-state index is 12.4. The number of rotatable bonds is 6. The van der Waals surface area contributed by atoms with Crippen molar-refractivity contribution in [3.8, 4) is 0 Å². The molecule has 0 heterocycles. The summed E-state index contributed by atoms with van der Waals surface area (Å²) < 4.78 is 22.9. The fourth-order valence-electron chi connectivity index (χ4n) is 1.94. The second-order valence-electron chi connectivity index (χ2n) is 4.22. The van der Waals surface area contributed by atoms with Gasteiger partial charge in [0.1, 0.15) is 0 Å². The maximum absolute atomic E-state index is 12.4. The second-order valence-corrected chi connectivity index (χ2v) is 5.95. The molecule has 0 radical (unpaired) electrons. The van der Waals surface area contributed by atoms with Gasteiger partial charge in [0.15, 0.2) is 0 Å². The van der Waals surface area contributed by atoms with Crippen molar-refractivity contribution in [3.05, 3.63) is 28.8 Å². The van der Waals surface area contributed by atoms with E-state index in [1.807, 2.05) is 32.9 Å². The molecule has 0 aliphatic heterocycles. The van der Waals surface area contributed by atoms with Gasteiger partial charge in [0, 0.05) is 5.69 Å². The largest absolute Gasteiger partial charge is 0.432 e. The number of anilines is 1. The summed E-state index contributed by atoms with van der Waals surface area (Å²) in [6.07, 6.45) is 0. The zero-order valence-electron chi connectivity index (χ0n) is 11.7. The van der Waals surface area contributed by atoms with Crippen LogP contribution in [0.2, 0.25) is 0 Å². The molecule has 0 amide bonds. The molecule has 1 N–H and O–H groups in total. The van der Waals surface area contributed by atoms with Crippen molar-refractivity contribution < 1.29 is 13.6 Å². The van der Waals surface area contributed by atoms with Gasteiger partial charge >= 0.3 is 7.75 Å². The van der Waals surface area contributed by atoms with E-state index in [0.29, 0.717) is 13.2 Å². The molecule has 0 bridgehead atoms. The molecule has 0 atom stereocenters. The van der Waals surface area contributed by atoms with Gasteiger partial charge < -0.3 is 0 Å². The van der Waals surface area contributed by atoms with E-state index < -0.39 is 7.75 Å². The molecule has 102 valence electrons. The van der Waals surface area contributed by atoms with Crippen molar-refractivity contribution in [2.75, 3.05) is 18.3 Å². The van der Waals surface area contributed by atoms with Crippen molar-refractivity contribution in [2.24, 2.45) is 0 Å². The molecular formula is C13H22NO3P. The van der Waals surface area contributed by atoms with E-state index in [4.69, 9.17) is 9.05 Å². The predicted molar refractivity (Wildman–Crippen MR) is 75.1 cm³/mol. The molecule has 1 rings (SSSR count). The minimum atomic E-state index is -3.26. The highest BCUT2D eigenvalue weighted by Crippen LogP contribution is 2.48. The van der Waals surface area contributed by atoms with Crippen LogP contribution in [0.25, 0.3) is 0 Å². The number of benzene rings is 1. The lowest BCUT2D eigenvalue weighted by molar-refractivity contribution is 0.225. The highest BCUT2D eigenvalue weighted by atomic mass is 31.2. The number of hydrogen-bond acceptors (Lipinski definition) is 3. The molecule has 0 aliphatic rings. The second kappa shape index (κ2) is 6.37. The third kappa shape index (κ3) is 3.84. The van der Waals surface area contributed by atoms with Crippen LogP contribution in [-0.4, -0.2) is 13.2 Å². The first-order valence-electron chi connectivity index (χ1n) is 6.17. The Morgan fingerprint density at radius 1 is 1.06 bits per heavy atom. The van der Waals surface area contributed by atoms with Gasteiger partial charge in [0.2, 0.25) is 0 Å². The fourth-order valence-corrected chi connectivity index (χ4v) is 3.45. The molecule has 0 aromatic heterocycles. The van der Waals surface area contributed by atoms with Crippen LogP contribution in [0.3, 0.4) is 0 Å². The Hall–Kier alpha value is -0.830. The van der Waals surface area contributed by atoms with E-state index in [0.717, 1.165) is 16.8 Å². The Morgan fingerprint density at radius 3 is 1.89 bits per heavy atom. The van der Waals surface area contributed by atoms with Gasteiger partial charge in [-0.15, -0.1) is 0 Å². The molecular weight excluding hydrogens is 249 g/mol. The number of hydrogen-bond donors (Lipinski definition) is 1. The van der Waals surface area contributed by atoms with E-state index in [1.165, 1.54) is 5.56 Å². The average Bonchev–Trinajstić information content (AvgIpc) is 2.24. The molecule has 0 saturated carbocycles. The Labute approximate surface area is 109 Å². The molecule has 18 heavy (non-hydrogen) atoms. The highest BCUT2D eigenvalue weighted by molar-refractivity contribution is 7.55. The lowest BCUT2D eigenvalue weighted by Gasteiger charge is -2.21. The SMILES string of the molecule is CCOP(=O)(Nc1c(C)cc(C)cc1C)OCC. The minimum absolute atomic E-state index is 0.342. The molecule has 1 aromatic carbocycles. The Bertz CT molecular complexity index is 427. The first-order valence-corrected chi connectivity index (χ1v) is 7.71. The van der Waals surface area contributed by atoms with E-state index in [1.54, 1.807) is 13.8 Å². The summed E-state index contributed by atoms with van der Waals surface area (Å²) in [7, 11) is -3.26. The van der Waals surface area contributed by atoms with Gasteiger partial charge in [0.25, 0.3) is 0 Å². The van der Waals surface area contributed by atoms with Gasteiger partial charge in [-0.3, -0.25) is 14.1 Å². The lowest BCUT2D eigenvalue weighted by atomic mass is 10.1. The standard InChI is InChI=1S/C13H22NO3P/c1-6-16-18(15,17-7-2)14-13-11(4)8-10(3)9-12(13)5/h8-9H,6-7H2,1-5H3,(H,14,15). The van der Waals surface area contributed by atoms with Crippen LogP contribution in [0.5, 0.6) is 0 Å². The summed E-state index contributed by atoms with van der Waals surface area (Å²) in [4.78, 5) is 0. The van der Waals surface area contributed by atoms with Crippen LogP contribution in [0.4, 0.5) is 5.69 Å². The maximum Gasteiger partial charge on any atom is 0.432 e. The van der Waals surface area contributed by atoms with Crippen LogP contribution in [-0.2, 0) is 13.6 Å². The van der Waals surface area contributed by atoms with Gasteiger partial charge in [-0.25, -0.2) is 4.57 Å². The van der Waals surface area contributed by atoms with Crippen molar-refractivity contribution in [3.63, 3.8) is 0 Å². The van der Waals surface area contributed by atoms with Crippen LogP contribution >= 0.6 is 7.75 Å². The summed E-state index contributed by atoms with van der Waals surface area (Å²) in [6, 6.07) is 4.08. The van der Waals surface area contributed by atoms with Crippen molar-refractivity contribution in [1.82, 2.24) is 0 Å². The average molecular weight is 271 g/mol. The first kappa shape index (κ1) is 15.2. The van der Waals surface area contributed by atoms with E-state index in [9.17, 15) is 4.57 Å². The van der Waals surface area contributed by atoms with Crippen molar-refractivity contribution in [2.45, 2.75) is 34.6 Å². The Kier molecular flexibility index (Phi) is 5.39. The summed E-state index contributed by atoms with van der Waals surface area (Å²) in [5, 5.41) is 2.93. The van der Waals surface area contributed by atoms with Crippen molar-refractivity contribution >= 4 is 13.4 Å². The predicted octanol–water partition coefficient (Wildman–Crippen LogP) is 4.20. The van der Waals surface area contributed by atoms with Crippen molar-refractivity contribution in [1.29, 1.82) is 0 Å². The van der Waals surface area contributed by atoms with E-state index in [2.05, 4.69) is 5.09 Å². The number of aryl methyl sites for hydroxylation is 3. The quantitative estimate of drug-likeness (QED) is 0.787. The molecule has 1 aromatic rings. The summed E-state index contributed by atoms with van der Waals surface area (Å²) >= 11 is 0. The molecule has 0 aliphatic carbocycles. The third-order valence-corrected chi connectivity index (χ3v) is 4.22. The number of nitrogens with one attached hydrogen (secondary N) is 1. The summed E-state index contributed by atoms with van der Waals surface area (Å²) in [5.74, 6) is 0. The van der Waals surface area contributed by atoms with Crippen LogP contribution in [0.1, 0.15) is 30.5 Å². The molecule has 0 fully saturated rings.